The molecule has 0 spiro atoms. The van der Waals surface area contributed by atoms with Crippen LogP contribution in [0.15, 0.2) is 41.3 Å². The Kier molecular flexibility index (Phi) is 6.26. The Morgan fingerprint density at radius 1 is 1.07 bits per heavy atom. The van der Waals surface area contributed by atoms with Gasteiger partial charge in [0.25, 0.3) is 5.91 Å². The van der Waals surface area contributed by atoms with Crippen molar-refractivity contribution < 1.29 is 17.9 Å². The SMILES string of the molecule is Cc1ccc(NC(=O)c2cc(S(=O)(=O)N(C)C)ccc2N2CCOCC2)c(C)c1. The molecule has 1 fully saturated rings. The number of hydrogen-bond acceptors (Lipinski definition) is 5. The number of aryl methyl sites for hydroxylation is 2. The number of nitrogens with one attached hydrogen (secondary N) is 1. The molecule has 0 saturated carbocycles. The average molecular weight is 418 g/mol. The number of rotatable bonds is 5. The van der Waals surface area contributed by atoms with Crippen LogP contribution >= 0.6 is 0 Å². The van der Waals surface area contributed by atoms with Crippen LogP contribution in [0, 0.1) is 13.8 Å². The molecular formula is C21H27N3O4S. The average Bonchev–Trinajstić information content (AvgIpc) is 2.70. The van der Waals surface area contributed by atoms with Crippen LogP contribution in [-0.2, 0) is 14.8 Å². The molecule has 1 aliphatic rings. The van der Waals surface area contributed by atoms with Gasteiger partial charge >= 0.3 is 0 Å². The van der Waals surface area contributed by atoms with Crippen LogP contribution in [-0.4, -0.2) is 59.0 Å². The molecule has 1 heterocycles. The molecule has 0 unspecified atom stereocenters. The Morgan fingerprint density at radius 2 is 1.76 bits per heavy atom. The number of ether oxygens (including phenoxy) is 1. The molecule has 0 radical (unpaired) electrons. The van der Waals surface area contributed by atoms with E-state index in [2.05, 4.69) is 5.32 Å². The van der Waals surface area contributed by atoms with Crippen LogP contribution in [0.4, 0.5) is 11.4 Å². The van der Waals surface area contributed by atoms with Gasteiger partial charge in [-0.15, -0.1) is 0 Å². The van der Waals surface area contributed by atoms with Crippen molar-refractivity contribution in [2.45, 2.75) is 18.7 Å². The molecular weight excluding hydrogens is 390 g/mol. The van der Waals surface area contributed by atoms with Gasteiger partial charge in [0, 0.05) is 38.6 Å². The van der Waals surface area contributed by atoms with E-state index in [0.717, 1.165) is 15.4 Å². The molecule has 1 amide bonds. The van der Waals surface area contributed by atoms with Gasteiger partial charge in [-0.3, -0.25) is 4.79 Å². The number of nitrogens with zero attached hydrogens (tertiary/aromatic N) is 2. The first-order chi connectivity index (χ1) is 13.7. The monoisotopic (exact) mass is 417 g/mol. The third kappa shape index (κ3) is 4.60. The molecule has 1 aliphatic heterocycles. The first kappa shape index (κ1) is 21.3. The van der Waals surface area contributed by atoms with E-state index >= 15 is 0 Å². The fourth-order valence-electron chi connectivity index (χ4n) is 3.29. The van der Waals surface area contributed by atoms with Crippen LogP contribution in [0.5, 0.6) is 0 Å². The highest BCUT2D eigenvalue weighted by Crippen LogP contribution is 2.28. The van der Waals surface area contributed by atoms with Crippen molar-refractivity contribution in [1.82, 2.24) is 4.31 Å². The molecule has 8 heteroatoms. The molecule has 0 aliphatic carbocycles. The van der Waals surface area contributed by atoms with Crippen molar-refractivity contribution in [3.8, 4) is 0 Å². The van der Waals surface area contributed by atoms with E-state index in [0.29, 0.717) is 43.2 Å². The summed E-state index contributed by atoms with van der Waals surface area (Å²) in [4.78, 5) is 15.3. The number of anilines is 2. The largest absolute Gasteiger partial charge is 0.378 e. The van der Waals surface area contributed by atoms with Gasteiger partial charge in [-0.25, -0.2) is 12.7 Å². The minimum absolute atomic E-state index is 0.0882. The fraction of sp³-hybridized carbons (Fsp3) is 0.381. The number of benzene rings is 2. The molecule has 156 valence electrons. The molecule has 29 heavy (non-hydrogen) atoms. The van der Waals surface area contributed by atoms with E-state index in [1.807, 2.05) is 36.9 Å². The fourth-order valence-corrected chi connectivity index (χ4v) is 4.22. The van der Waals surface area contributed by atoms with Crippen LogP contribution in [0.1, 0.15) is 21.5 Å². The third-order valence-corrected chi connectivity index (χ3v) is 6.78. The lowest BCUT2D eigenvalue weighted by atomic mass is 10.1. The van der Waals surface area contributed by atoms with Crippen LogP contribution in [0.25, 0.3) is 0 Å². The van der Waals surface area contributed by atoms with Crippen LogP contribution in [0.2, 0.25) is 0 Å². The lowest BCUT2D eigenvalue weighted by molar-refractivity contribution is 0.102. The number of hydrogen-bond donors (Lipinski definition) is 1. The summed E-state index contributed by atoms with van der Waals surface area (Å²) in [5.74, 6) is -0.339. The number of morpholine rings is 1. The Balaban J connectivity index is 2.03. The Hall–Kier alpha value is -2.42. The van der Waals surface area contributed by atoms with E-state index in [1.165, 1.54) is 20.2 Å². The predicted octanol–water partition coefficient (Wildman–Crippen LogP) is 2.64. The zero-order chi connectivity index (χ0) is 21.2. The highest BCUT2D eigenvalue weighted by atomic mass is 32.2. The second-order valence-electron chi connectivity index (χ2n) is 7.34. The van der Waals surface area contributed by atoms with Gasteiger partial charge in [-0.2, -0.15) is 0 Å². The van der Waals surface area contributed by atoms with E-state index in [-0.39, 0.29) is 10.8 Å². The normalized spacial score (nSPS) is 14.9. The van der Waals surface area contributed by atoms with Gasteiger partial charge in [0.1, 0.15) is 0 Å². The maximum atomic E-state index is 13.2. The van der Waals surface area contributed by atoms with Crippen molar-refractivity contribution in [2.24, 2.45) is 0 Å². The van der Waals surface area contributed by atoms with Gasteiger partial charge in [0.15, 0.2) is 0 Å². The summed E-state index contributed by atoms with van der Waals surface area (Å²) in [5, 5.41) is 2.94. The van der Waals surface area contributed by atoms with Crippen molar-refractivity contribution >= 4 is 27.3 Å². The van der Waals surface area contributed by atoms with Crippen molar-refractivity contribution in [2.75, 3.05) is 50.6 Å². The molecule has 0 aromatic heterocycles. The molecule has 2 aromatic carbocycles. The first-order valence-electron chi connectivity index (χ1n) is 9.48. The summed E-state index contributed by atoms with van der Waals surface area (Å²) in [7, 11) is -0.711. The first-order valence-corrected chi connectivity index (χ1v) is 10.9. The van der Waals surface area contributed by atoms with E-state index in [9.17, 15) is 13.2 Å². The quantitative estimate of drug-likeness (QED) is 0.809. The van der Waals surface area contributed by atoms with Gasteiger partial charge < -0.3 is 15.0 Å². The zero-order valence-electron chi connectivity index (χ0n) is 17.2. The highest BCUT2D eigenvalue weighted by molar-refractivity contribution is 7.89. The van der Waals surface area contributed by atoms with E-state index < -0.39 is 10.0 Å². The topological polar surface area (TPSA) is 79.0 Å². The van der Waals surface area contributed by atoms with Gasteiger partial charge in [-0.05, 0) is 43.7 Å². The Bertz CT molecular complexity index is 1010. The second kappa shape index (κ2) is 8.52. The van der Waals surface area contributed by atoms with Crippen LogP contribution in [0.3, 0.4) is 0 Å². The molecule has 2 aromatic rings. The molecule has 1 N–H and O–H groups in total. The van der Waals surface area contributed by atoms with Gasteiger partial charge in [0.2, 0.25) is 10.0 Å². The number of carbonyl (C=O) groups is 1. The standard InChI is InChI=1S/C21H27N3O4S/c1-15-5-7-19(16(2)13-15)22-21(25)18-14-17(29(26,27)23(3)4)6-8-20(18)24-9-11-28-12-10-24/h5-8,13-14H,9-12H2,1-4H3,(H,22,25). The summed E-state index contributed by atoms with van der Waals surface area (Å²) in [6.45, 7) is 6.34. The maximum absolute atomic E-state index is 13.2. The molecule has 3 rings (SSSR count). The number of carbonyl (C=O) groups excluding carboxylic acids is 1. The molecule has 0 atom stereocenters. The predicted molar refractivity (Wildman–Crippen MR) is 114 cm³/mol. The third-order valence-electron chi connectivity index (χ3n) is 4.97. The summed E-state index contributed by atoms with van der Waals surface area (Å²) < 4.78 is 31.8. The van der Waals surface area contributed by atoms with Crippen LogP contribution < -0.4 is 10.2 Å². The summed E-state index contributed by atoms with van der Waals surface area (Å²) in [6.07, 6.45) is 0. The van der Waals surface area contributed by atoms with Crippen molar-refractivity contribution in [3.63, 3.8) is 0 Å². The lowest BCUT2D eigenvalue weighted by Gasteiger charge is -2.30. The van der Waals surface area contributed by atoms with E-state index in [4.69, 9.17) is 4.74 Å². The van der Waals surface area contributed by atoms with E-state index in [1.54, 1.807) is 12.1 Å². The second-order valence-corrected chi connectivity index (χ2v) is 9.49. The minimum atomic E-state index is -3.66. The summed E-state index contributed by atoms with van der Waals surface area (Å²) in [5.41, 5.74) is 3.79. The highest BCUT2D eigenvalue weighted by Gasteiger charge is 2.24. The maximum Gasteiger partial charge on any atom is 0.257 e. The number of sulfonamides is 1. The summed E-state index contributed by atoms with van der Waals surface area (Å²) in [6, 6.07) is 10.5. The molecule has 1 saturated heterocycles. The van der Waals surface area contributed by atoms with Crippen molar-refractivity contribution in [3.05, 3.63) is 53.1 Å². The van der Waals surface area contributed by atoms with Crippen molar-refractivity contribution in [1.29, 1.82) is 0 Å². The minimum Gasteiger partial charge on any atom is -0.378 e. The zero-order valence-corrected chi connectivity index (χ0v) is 18.0. The van der Waals surface area contributed by atoms with Gasteiger partial charge in [-0.1, -0.05) is 17.7 Å². The Labute approximate surface area is 172 Å². The smallest absolute Gasteiger partial charge is 0.257 e. The molecule has 7 nitrogen and oxygen atoms in total. The lowest BCUT2D eigenvalue weighted by Crippen LogP contribution is -2.37. The Morgan fingerprint density at radius 3 is 2.38 bits per heavy atom. The van der Waals surface area contributed by atoms with Gasteiger partial charge in [0.05, 0.1) is 23.7 Å². The molecule has 0 bridgehead atoms. The number of amides is 1. The summed E-state index contributed by atoms with van der Waals surface area (Å²) >= 11 is 0.